The molecule has 1 heterocycles. The van der Waals surface area contributed by atoms with Gasteiger partial charge in [0.2, 0.25) is 0 Å². The van der Waals surface area contributed by atoms with Gasteiger partial charge in [0.05, 0.1) is 0 Å². The Morgan fingerprint density at radius 2 is 1.42 bits per heavy atom. The second-order valence-corrected chi connectivity index (χ2v) is 4.59. The van der Waals surface area contributed by atoms with Crippen LogP contribution in [0.15, 0.2) is 0 Å². The maximum absolute atomic E-state index is 6.05. The van der Waals surface area contributed by atoms with Crippen LogP contribution in [0.25, 0.3) is 0 Å². The minimum atomic E-state index is 0. The van der Waals surface area contributed by atoms with Gasteiger partial charge in [0.15, 0.2) is 0 Å². The maximum atomic E-state index is 6.05. The lowest BCUT2D eigenvalue weighted by Gasteiger charge is -2.10. The third-order valence-electron chi connectivity index (χ3n) is 2.61. The average molecular weight is 308 g/mol. The topological polar surface area (TPSA) is 26.0 Å². The van der Waals surface area contributed by atoms with Gasteiger partial charge < -0.3 is 5.73 Å². The van der Waals surface area contributed by atoms with Crippen molar-refractivity contribution in [1.29, 1.82) is 0 Å². The summed E-state index contributed by atoms with van der Waals surface area (Å²) in [5.74, 6) is 0. The summed E-state index contributed by atoms with van der Waals surface area (Å²) in [5.41, 5.74) is 8.63. The molecule has 0 aliphatic heterocycles. The van der Waals surface area contributed by atoms with E-state index in [0.717, 1.165) is 12.1 Å². The molecule has 0 fully saturated rings. The van der Waals surface area contributed by atoms with Crippen molar-refractivity contribution in [3.05, 3.63) is 15.3 Å². The molecule has 1 nitrogen and oxygen atoms in total. The number of halogens is 1. The van der Waals surface area contributed by atoms with Gasteiger partial charge in [0, 0.05) is 15.4 Å². The second kappa shape index (κ2) is 15.8. The van der Waals surface area contributed by atoms with Crippen LogP contribution in [0.5, 0.6) is 0 Å². The number of hydrogen-bond donors (Lipinski definition) is 1. The molecule has 0 bridgehead atoms. The molecular formula is C16H34ClNS. The van der Waals surface area contributed by atoms with Crippen molar-refractivity contribution in [1.82, 2.24) is 0 Å². The molecule has 116 valence electrons. The maximum Gasteiger partial charge on any atom is 0.0490 e. The summed E-state index contributed by atoms with van der Waals surface area (Å²) >= 11 is 1.94. The van der Waals surface area contributed by atoms with Crippen molar-refractivity contribution in [2.45, 2.75) is 80.6 Å². The summed E-state index contributed by atoms with van der Waals surface area (Å²) in [7, 11) is 0. The normalized spacial score (nSPS) is 11.1. The molecule has 2 N–H and O–H groups in total. The molecule has 0 saturated carbocycles. The first-order valence-electron chi connectivity index (χ1n) is 7.71. The third kappa shape index (κ3) is 7.22. The van der Waals surface area contributed by atoms with Crippen LogP contribution in [0.4, 0.5) is 5.69 Å². The minimum absolute atomic E-state index is 0. The van der Waals surface area contributed by atoms with Crippen LogP contribution in [0, 0.1) is 0 Å². The second-order valence-electron chi connectivity index (χ2n) is 3.40. The number of rotatable bonds is 1. The molecule has 3 heteroatoms. The Balaban J connectivity index is -0.000000325. The van der Waals surface area contributed by atoms with Crippen LogP contribution < -0.4 is 5.73 Å². The molecule has 1 aromatic rings. The SMILES string of the molecule is CC.CC.CC.CCc1sc2c(c1N)CCCC2.Cl. The monoisotopic (exact) mass is 307 g/mol. The largest absolute Gasteiger partial charge is 0.398 e. The smallest absolute Gasteiger partial charge is 0.0490 e. The molecule has 1 aliphatic rings. The summed E-state index contributed by atoms with van der Waals surface area (Å²) in [6.45, 7) is 14.2. The summed E-state index contributed by atoms with van der Waals surface area (Å²) in [4.78, 5) is 2.97. The molecule has 19 heavy (non-hydrogen) atoms. The van der Waals surface area contributed by atoms with Gasteiger partial charge in [-0.3, -0.25) is 0 Å². The molecule has 0 aromatic carbocycles. The van der Waals surface area contributed by atoms with Crippen LogP contribution >= 0.6 is 23.7 Å². The third-order valence-corrected chi connectivity index (χ3v) is 4.06. The van der Waals surface area contributed by atoms with Crippen molar-refractivity contribution in [2.24, 2.45) is 0 Å². The van der Waals surface area contributed by atoms with Crippen LogP contribution in [-0.4, -0.2) is 0 Å². The van der Waals surface area contributed by atoms with Gasteiger partial charge >= 0.3 is 0 Å². The van der Waals surface area contributed by atoms with E-state index >= 15 is 0 Å². The summed E-state index contributed by atoms with van der Waals surface area (Å²) in [5, 5.41) is 0. The highest BCUT2D eigenvalue weighted by Crippen LogP contribution is 2.36. The van der Waals surface area contributed by atoms with E-state index in [9.17, 15) is 0 Å². The lowest BCUT2D eigenvalue weighted by atomic mass is 9.97. The Labute approximate surface area is 131 Å². The van der Waals surface area contributed by atoms with Crippen molar-refractivity contribution >= 4 is 29.4 Å². The van der Waals surface area contributed by atoms with Gasteiger partial charge in [-0.15, -0.1) is 23.7 Å². The number of fused-ring (bicyclic) bond motifs is 1. The fourth-order valence-corrected chi connectivity index (χ4v) is 3.17. The van der Waals surface area contributed by atoms with E-state index in [2.05, 4.69) is 6.92 Å². The first-order valence-corrected chi connectivity index (χ1v) is 8.53. The van der Waals surface area contributed by atoms with E-state index in [-0.39, 0.29) is 12.4 Å². The Kier molecular flexibility index (Phi) is 19.9. The standard InChI is InChI=1S/C10H15NS.3C2H6.ClH/c1-2-8-10(11)7-5-3-4-6-9(7)12-8;3*1-2;/h2-6,11H2,1H3;3*1-2H3;1H. The number of hydrogen-bond acceptors (Lipinski definition) is 2. The predicted molar refractivity (Wildman–Crippen MR) is 96.0 cm³/mol. The number of thiophene rings is 1. The van der Waals surface area contributed by atoms with E-state index < -0.39 is 0 Å². The van der Waals surface area contributed by atoms with E-state index in [1.807, 2.05) is 52.9 Å². The predicted octanol–water partition coefficient (Wildman–Crippen LogP) is 6.27. The molecule has 0 radical (unpaired) electrons. The van der Waals surface area contributed by atoms with Crippen LogP contribution in [0.3, 0.4) is 0 Å². The van der Waals surface area contributed by atoms with Crippen molar-refractivity contribution in [3.8, 4) is 0 Å². The Morgan fingerprint density at radius 1 is 0.947 bits per heavy atom. The van der Waals surface area contributed by atoms with Gasteiger partial charge in [-0.2, -0.15) is 0 Å². The van der Waals surface area contributed by atoms with Gasteiger partial charge in [0.1, 0.15) is 0 Å². The zero-order valence-electron chi connectivity index (χ0n) is 13.9. The fraction of sp³-hybridized carbons (Fsp3) is 0.750. The summed E-state index contributed by atoms with van der Waals surface area (Å²) in [6.07, 6.45) is 6.28. The first kappa shape index (κ1) is 23.9. The molecule has 0 spiro atoms. The van der Waals surface area contributed by atoms with Crippen molar-refractivity contribution in [2.75, 3.05) is 5.73 Å². The molecule has 0 saturated heterocycles. The Bertz CT molecular complexity index is 295. The van der Waals surface area contributed by atoms with Gasteiger partial charge in [-0.25, -0.2) is 0 Å². The van der Waals surface area contributed by atoms with Gasteiger partial charge in [0.25, 0.3) is 0 Å². The van der Waals surface area contributed by atoms with Gasteiger partial charge in [-0.05, 0) is 37.7 Å². The van der Waals surface area contributed by atoms with Crippen LogP contribution in [0.2, 0.25) is 0 Å². The van der Waals surface area contributed by atoms with Gasteiger partial charge in [-0.1, -0.05) is 48.5 Å². The van der Waals surface area contributed by atoms with Crippen LogP contribution in [-0.2, 0) is 19.3 Å². The molecule has 1 aliphatic carbocycles. The van der Waals surface area contributed by atoms with E-state index in [0.29, 0.717) is 0 Å². The molecule has 1 aromatic heterocycles. The first-order chi connectivity index (χ1) is 8.83. The zero-order chi connectivity index (χ0) is 14.6. The minimum Gasteiger partial charge on any atom is -0.398 e. The van der Waals surface area contributed by atoms with Crippen molar-refractivity contribution in [3.63, 3.8) is 0 Å². The summed E-state index contributed by atoms with van der Waals surface area (Å²) in [6, 6.07) is 0. The Morgan fingerprint density at radius 3 is 1.84 bits per heavy atom. The molecule has 0 unspecified atom stereocenters. The lowest BCUT2D eigenvalue weighted by Crippen LogP contribution is -2.01. The van der Waals surface area contributed by atoms with E-state index in [1.54, 1.807) is 4.88 Å². The van der Waals surface area contributed by atoms with Crippen LogP contribution in [0.1, 0.15) is 76.6 Å². The van der Waals surface area contributed by atoms with Crippen molar-refractivity contribution < 1.29 is 0 Å². The highest BCUT2D eigenvalue weighted by Gasteiger charge is 2.17. The number of nitrogens with two attached hydrogens (primary N) is 1. The molecule has 0 atom stereocenters. The summed E-state index contributed by atoms with van der Waals surface area (Å²) < 4.78 is 0. The quantitative estimate of drug-likeness (QED) is 0.650. The Hall–Kier alpha value is -0.210. The molecular weight excluding hydrogens is 274 g/mol. The van der Waals surface area contributed by atoms with E-state index in [1.165, 1.54) is 36.1 Å². The molecule has 0 amide bonds. The number of nitrogen functional groups attached to an aromatic ring is 1. The fourth-order valence-electron chi connectivity index (χ4n) is 1.91. The van der Waals surface area contributed by atoms with E-state index in [4.69, 9.17) is 5.73 Å². The zero-order valence-corrected chi connectivity index (χ0v) is 15.6. The number of aryl methyl sites for hydroxylation is 2. The average Bonchev–Trinajstić information content (AvgIpc) is 2.82. The highest BCUT2D eigenvalue weighted by molar-refractivity contribution is 7.12. The highest BCUT2D eigenvalue weighted by atomic mass is 35.5. The number of anilines is 1. The molecule has 2 rings (SSSR count). The lowest BCUT2D eigenvalue weighted by molar-refractivity contribution is 0.698.